The summed E-state index contributed by atoms with van der Waals surface area (Å²) in [6, 6.07) is 11.4. The number of sulfonamides is 1. The van der Waals surface area contributed by atoms with E-state index in [9.17, 15) is 8.42 Å². The van der Waals surface area contributed by atoms with Crippen molar-refractivity contribution in [2.24, 2.45) is 0 Å². The molecule has 1 aliphatic rings. The molecule has 0 saturated carbocycles. The second kappa shape index (κ2) is 8.53. The summed E-state index contributed by atoms with van der Waals surface area (Å²) in [5.41, 5.74) is 3.09. The third-order valence-electron chi connectivity index (χ3n) is 5.76. The van der Waals surface area contributed by atoms with Crippen LogP contribution in [0, 0.1) is 6.92 Å². The number of hydrogen-bond acceptors (Lipinski definition) is 6. The monoisotopic (exact) mass is 443 g/mol. The first-order chi connectivity index (χ1) is 14.8. The summed E-state index contributed by atoms with van der Waals surface area (Å²) in [6.45, 7) is 8.72. The lowest BCUT2D eigenvalue weighted by Crippen LogP contribution is -2.53. The van der Waals surface area contributed by atoms with Crippen LogP contribution >= 0.6 is 0 Å². The summed E-state index contributed by atoms with van der Waals surface area (Å²) in [5, 5.41) is 4.35. The Bertz CT molecular complexity index is 1190. The van der Waals surface area contributed by atoms with Gasteiger partial charge in [0.25, 0.3) is 10.0 Å². The van der Waals surface area contributed by atoms with Gasteiger partial charge in [0, 0.05) is 42.7 Å². The molecule has 1 saturated heterocycles. The van der Waals surface area contributed by atoms with E-state index >= 15 is 0 Å². The Hall–Kier alpha value is -2.55. The van der Waals surface area contributed by atoms with Crippen molar-refractivity contribution in [1.29, 1.82) is 0 Å². The average molecular weight is 444 g/mol. The van der Waals surface area contributed by atoms with E-state index in [-0.39, 0.29) is 4.90 Å². The quantitative estimate of drug-likeness (QED) is 0.604. The molecule has 0 bridgehead atoms. The molecule has 4 rings (SSSR count). The van der Waals surface area contributed by atoms with E-state index in [0.29, 0.717) is 30.1 Å². The highest BCUT2D eigenvalue weighted by Crippen LogP contribution is 2.31. The van der Waals surface area contributed by atoms with Crippen molar-refractivity contribution in [3.63, 3.8) is 0 Å². The van der Waals surface area contributed by atoms with E-state index in [0.717, 1.165) is 35.2 Å². The number of ether oxygens (including phenoxy) is 1. The standard InChI is InChI=1S/C23H29N3O4S/c1-15-5-6-21(29-4)22(9-15)31(27,28)25-20-10-18-7-8-30-23(18)19(11-20)14-26-13-16(2)24-12-17(26)3/h5-11,16-17,24-25H,12-14H2,1-4H3. The molecule has 7 nitrogen and oxygen atoms in total. The molecular weight excluding hydrogens is 414 g/mol. The molecule has 2 aromatic carbocycles. The van der Waals surface area contributed by atoms with Gasteiger partial charge in [-0.05, 0) is 56.7 Å². The average Bonchev–Trinajstić information content (AvgIpc) is 3.19. The first-order valence-corrected chi connectivity index (χ1v) is 11.9. The van der Waals surface area contributed by atoms with Gasteiger partial charge in [-0.15, -0.1) is 0 Å². The van der Waals surface area contributed by atoms with Crippen LogP contribution in [0.5, 0.6) is 5.75 Å². The number of furan rings is 1. The molecule has 2 atom stereocenters. The number of anilines is 1. The summed E-state index contributed by atoms with van der Waals surface area (Å²) in [5.74, 6) is 0.311. The van der Waals surface area contributed by atoms with E-state index in [1.807, 2.05) is 25.1 Å². The molecular formula is C23H29N3O4S. The Morgan fingerprint density at radius 3 is 2.81 bits per heavy atom. The summed E-state index contributed by atoms with van der Waals surface area (Å²) < 4.78 is 40.1. The minimum absolute atomic E-state index is 0.119. The van der Waals surface area contributed by atoms with E-state index in [1.165, 1.54) is 7.11 Å². The molecule has 8 heteroatoms. The summed E-state index contributed by atoms with van der Waals surface area (Å²) in [4.78, 5) is 2.51. The van der Waals surface area contributed by atoms with Gasteiger partial charge in [0.15, 0.2) is 0 Å². The van der Waals surface area contributed by atoms with Crippen molar-refractivity contribution >= 4 is 26.7 Å². The Kier molecular flexibility index (Phi) is 5.96. The van der Waals surface area contributed by atoms with Crippen LogP contribution < -0.4 is 14.8 Å². The first-order valence-electron chi connectivity index (χ1n) is 10.4. The highest BCUT2D eigenvalue weighted by Gasteiger charge is 2.25. The van der Waals surface area contributed by atoms with E-state index in [2.05, 4.69) is 28.8 Å². The van der Waals surface area contributed by atoms with Crippen molar-refractivity contribution in [3.05, 3.63) is 53.8 Å². The maximum Gasteiger partial charge on any atom is 0.265 e. The number of nitrogens with zero attached hydrogens (tertiary/aromatic N) is 1. The minimum Gasteiger partial charge on any atom is -0.495 e. The van der Waals surface area contributed by atoms with Crippen LogP contribution in [0.3, 0.4) is 0 Å². The fraction of sp³-hybridized carbons (Fsp3) is 0.391. The third kappa shape index (κ3) is 4.56. The van der Waals surface area contributed by atoms with Crippen molar-refractivity contribution in [1.82, 2.24) is 10.2 Å². The lowest BCUT2D eigenvalue weighted by atomic mass is 10.1. The van der Waals surface area contributed by atoms with Crippen LogP contribution in [-0.2, 0) is 16.6 Å². The van der Waals surface area contributed by atoms with Crippen molar-refractivity contribution in [3.8, 4) is 5.75 Å². The van der Waals surface area contributed by atoms with Crippen molar-refractivity contribution in [2.45, 2.75) is 44.3 Å². The molecule has 2 unspecified atom stereocenters. The molecule has 166 valence electrons. The van der Waals surface area contributed by atoms with Crippen molar-refractivity contribution in [2.75, 3.05) is 24.9 Å². The maximum atomic E-state index is 13.2. The summed E-state index contributed by atoms with van der Waals surface area (Å²) in [6.07, 6.45) is 1.64. The molecule has 1 aliphatic heterocycles. The molecule has 3 aromatic rings. The Labute approximate surface area is 183 Å². The van der Waals surface area contributed by atoms with Crippen molar-refractivity contribution < 1.29 is 17.6 Å². The lowest BCUT2D eigenvalue weighted by Gasteiger charge is -2.37. The summed E-state index contributed by atoms with van der Waals surface area (Å²) in [7, 11) is -2.36. The fourth-order valence-corrected chi connectivity index (χ4v) is 5.37. The van der Waals surface area contributed by atoms with Crippen LogP contribution in [0.25, 0.3) is 11.0 Å². The van der Waals surface area contributed by atoms with Gasteiger partial charge in [0.1, 0.15) is 16.2 Å². The molecule has 1 fully saturated rings. The first kappa shape index (κ1) is 21.7. The lowest BCUT2D eigenvalue weighted by molar-refractivity contribution is 0.139. The highest BCUT2D eigenvalue weighted by molar-refractivity contribution is 7.92. The smallest absolute Gasteiger partial charge is 0.265 e. The molecule has 0 amide bonds. The second-order valence-electron chi connectivity index (χ2n) is 8.32. The van der Waals surface area contributed by atoms with Crippen LogP contribution in [0.2, 0.25) is 0 Å². The molecule has 2 heterocycles. The number of aryl methyl sites for hydroxylation is 1. The van der Waals surface area contributed by atoms with Crippen LogP contribution in [0.4, 0.5) is 5.69 Å². The van der Waals surface area contributed by atoms with Crippen LogP contribution in [0.1, 0.15) is 25.0 Å². The zero-order chi connectivity index (χ0) is 22.2. The van der Waals surface area contributed by atoms with Gasteiger partial charge in [-0.3, -0.25) is 9.62 Å². The zero-order valence-electron chi connectivity index (χ0n) is 18.3. The maximum absolute atomic E-state index is 13.2. The van der Waals surface area contributed by atoms with Gasteiger partial charge in [-0.25, -0.2) is 8.42 Å². The molecule has 2 N–H and O–H groups in total. The minimum atomic E-state index is -3.83. The Morgan fingerprint density at radius 1 is 1.23 bits per heavy atom. The number of benzene rings is 2. The van der Waals surface area contributed by atoms with E-state index < -0.39 is 10.0 Å². The fourth-order valence-electron chi connectivity index (χ4n) is 4.07. The second-order valence-corrected chi connectivity index (χ2v) is 9.97. The number of nitrogens with one attached hydrogen (secondary N) is 2. The predicted molar refractivity (Wildman–Crippen MR) is 122 cm³/mol. The van der Waals surface area contributed by atoms with Crippen LogP contribution in [0.15, 0.2) is 52.0 Å². The highest BCUT2D eigenvalue weighted by atomic mass is 32.2. The van der Waals surface area contributed by atoms with Gasteiger partial charge < -0.3 is 14.5 Å². The zero-order valence-corrected chi connectivity index (χ0v) is 19.1. The topological polar surface area (TPSA) is 83.8 Å². The van der Waals surface area contributed by atoms with E-state index in [4.69, 9.17) is 9.15 Å². The molecule has 1 aromatic heterocycles. The van der Waals surface area contributed by atoms with Gasteiger partial charge in [0.2, 0.25) is 0 Å². The van der Waals surface area contributed by atoms with Gasteiger partial charge in [0.05, 0.1) is 19.1 Å². The molecule has 0 radical (unpaired) electrons. The largest absolute Gasteiger partial charge is 0.495 e. The SMILES string of the molecule is COc1ccc(C)cc1S(=O)(=O)Nc1cc(CN2CC(C)NCC2C)c2occc2c1. The summed E-state index contributed by atoms with van der Waals surface area (Å²) >= 11 is 0. The number of piperazine rings is 1. The number of hydrogen-bond donors (Lipinski definition) is 2. The van der Waals surface area contributed by atoms with Gasteiger partial charge in [-0.2, -0.15) is 0 Å². The number of methoxy groups -OCH3 is 1. The normalized spacial score (nSPS) is 20.1. The van der Waals surface area contributed by atoms with Crippen LogP contribution in [-0.4, -0.2) is 45.6 Å². The molecule has 0 aliphatic carbocycles. The number of rotatable bonds is 6. The van der Waals surface area contributed by atoms with E-state index in [1.54, 1.807) is 24.5 Å². The molecule has 0 spiro atoms. The Balaban J connectivity index is 1.68. The third-order valence-corrected chi connectivity index (χ3v) is 7.16. The van der Waals surface area contributed by atoms with Gasteiger partial charge >= 0.3 is 0 Å². The predicted octanol–water partition coefficient (Wildman–Crippen LogP) is 3.73. The van der Waals surface area contributed by atoms with Gasteiger partial charge in [-0.1, -0.05) is 6.07 Å². The molecule has 31 heavy (non-hydrogen) atoms. The number of fused-ring (bicyclic) bond motifs is 1. The Morgan fingerprint density at radius 2 is 2.03 bits per heavy atom.